The van der Waals surface area contributed by atoms with Crippen molar-refractivity contribution in [3.05, 3.63) is 47.0 Å². The molecule has 18 heavy (non-hydrogen) atoms. The zero-order chi connectivity index (χ0) is 12.9. The fourth-order valence-corrected chi connectivity index (χ4v) is 2.98. The lowest BCUT2D eigenvalue weighted by Crippen LogP contribution is -2.33. The van der Waals surface area contributed by atoms with Crippen molar-refractivity contribution in [3.8, 4) is 0 Å². The number of amides is 2. The highest BCUT2D eigenvalue weighted by atomic mass is 16.2. The molecule has 3 nitrogen and oxygen atoms in total. The van der Waals surface area contributed by atoms with Crippen LogP contribution in [0.25, 0.3) is 0 Å². The Hall–Kier alpha value is -1.90. The quantitative estimate of drug-likeness (QED) is 0.708. The topological polar surface area (TPSA) is 37.4 Å². The summed E-state index contributed by atoms with van der Waals surface area (Å²) < 4.78 is 0. The largest absolute Gasteiger partial charge is 0.269 e. The van der Waals surface area contributed by atoms with E-state index in [0.717, 1.165) is 12.0 Å². The summed E-state index contributed by atoms with van der Waals surface area (Å²) in [5, 5.41) is 0. The van der Waals surface area contributed by atoms with Gasteiger partial charge in [-0.2, -0.15) is 0 Å². The summed E-state index contributed by atoms with van der Waals surface area (Å²) >= 11 is 0. The minimum Gasteiger partial charge on any atom is -0.269 e. The SMILES string of the molecule is Cc1ccc2c(c1)[C@@H](N1C(=O)C=CC1=O)C[C@@H]2C. The summed E-state index contributed by atoms with van der Waals surface area (Å²) in [7, 11) is 0. The summed E-state index contributed by atoms with van der Waals surface area (Å²) in [6, 6.07) is 6.21. The number of hydrogen-bond acceptors (Lipinski definition) is 2. The molecule has 1 aliphatic heterocycles. The van der Waals surface area contributed by atoms with Gasteiger partial charge in [-0.15, -0.1) is 0 Å². The van der Waals surface area contributed by atoms with E-state index in [1.807, 2.05) is 6.92 Å². The molecule has 3 rings (SSSR count). The van der Waals surface area contributed by atoms with Crippen LogP contribution < -0.4 is 0 Å². The molecule has 2 amide bonds. The second-order valence-electron chi connectivity index (χ2n) is 5.16. The Balaban J connectivity index is 2.05. The van der Waals surface area contributed by atoms with Crippen molar-refractivity contribution in [1.29, 1.82) is 0 Å². The van der Waals surface area contributed by atoms with Crippen LogP contribution >= 0.6 is 0 Å². The van der Waals surface area contributed by atoms with Gasteiger partial charge >= 0.3 is 0 Å². The van der Waals surface area contributed by atoms with Gasteiger partial charge in [-0.05, 0) is 30.4 Å². The highest BCUT2D eigenvalue weighted by Gasteiger charge is 2.38. The molecule has 1 aromatic rings. The maximum absolute atomic E-state index is 11.8. The van der Waals surface area contributed by atoms with E-state index in [2.05, 4.69) is 25.1 Å². The maximum atomic E-state index is 11.8. The Morgan fingerprint density at radius 2 is 1.78 bits per heavy atom. The Kier molecular flexibility index (Phi) is 2.37. The normalized spacial score (nSPS) is 26.0. The molecule has 0 saturated carbocycles. The number of fused-ring (bicyclic) bond motifs is 1. The lowest BCUT2D eigenvalue weighted by atomic mass is 10.0. The average Bonchev–Trinajstić information content (AvgIpc) is 2.81. The molecular weight excluding hydrogens is 226 g/mol. The van der Waals surface area contributed by atoms with Crippen LogP contribution in [-0.2, 0) is 9.59 Å². The summed E-state index contributed by atoms with van der Waals surface area (Å²) in [5.74, 6) is 0.0184. The third kappa shape index (κ3) is 1.50. The molecule has 0 bridgehead atoms. The molecule has 0 radical (unpaired) electrons. The van der Waals surface area contributed by atoms with Crippen LogP contribution in [0.4, 0.5) is 0 Å². The van der Waals surface area contributed by atoms with Crippen molar-refractivity contribution in [2.45, 2.75) is 32.2 Å². The van der Waals surface area contributed by atoms with Gasteiger partial charge in [0.15, 0.2) is 0 Å². The van der Waals surface area contributed by atoms with E-state index in [9.17, 15) is 9.59 Å². The number of nitrogens with zero attached hydrogens (tertiary/aromatic N) is 1. The van der Waals surface area contributed by atoms with E-state index >= 15 is 0 Å². The van der Waals surface area contributed by atoms with Gasteiger partial charge in [0.2, 0.25) is 0 Å². The molecule has 0 saturated heterocycles. The predicted octanol–water partition coefficient (Wildman–Crippen LogP) is 2.47. The minimum atomic E-state index is -0.188. The number of carbonyl (C=O) groups excluding carboxylic acids is 2. The molecule has 3 heteroatoms. The number of aryl methyl sites for hydroxylation is 1. The van der Waals surface area contributed by atoms with Gasteiger partial charge in [0.1, 0.15) is 0 Å². The molecule has 2 atom stereocenters. The van der Waals surface area contributed by atoms with Crippen molar-refractivity contribution >= 4 is 11.8 Å². The van der Waals surface area contributed by atoms with Crippen molar-refractivity contribution in [2.24, 2.45) is 0 Å². The third-order valence-corrected chi connectivity index (χ3v) is 3.86. The maximum Gasteiger partial charge on any atom is 0.254 e. The summed E-state index contributed by atoms with van der Waals surface area (Å²) in [6.45, 7) is 4.18. The highest BCUT2D eigenvalue weighted by Crippen LogP contribution is 2.44. The van der Waals surface area contributed by atoms with Gasteiger partial charge in [0.05, 0.1) is 6.04 Å². The highest BCUT2D eigenvalue weighted by molar-refractivity contribution is 6.13. The summed E-state index contributed by atoms with van der Waals surface area (Å²) in [4.78, 5) is 25.0. The standard InChI is InChI=1S/C15H15NO2/c1-9-3-4-11-10(2)8-13(12(11)7-9)16-14(17)5-6-15(16)18/h3-7,10,13H,8H2,1-2H3/t10-,13-/m0/s1. The van der Waals surface area contributed by atoms with E-state index in [1.165, 1.54) is 28.2 Å². The molecule has 92 valence electrons. The lowest BCUT2D eigenvalue weighted by Gasteiger charge is -2.23. The summed E-state index contributed by atoms with van der Waals surface area (Å²) in [6.07, 6.45) is 3.56. The van der Waals surface area contributed by atoms with Crippen LogP contribution in [0.3, 0.4) is 0 Å². The van der Waals surface area contributed by atoms with E-state index in [0.29, 0.717) is 5.92 Å². The van der Waals surface area contributed by atoms with Crippen LogP contribution in [0.15, 0.2) is 30.4 Å². The zero-order valence-electron chi connectivity index (χ0n) is 10.5. The first-order valence-corrected chi connectivity index (χ1v) is 6.23. The second-order valence-corrected chi connectivity index (χ2v) is 5.16. The fourth-order valence-electron chi connectivity index (χ4n) is 2.98. The first-order valence-electron chi connectivity index (χ1n) is 6.23. The van der Waals surface area contributed by atoms with Crippen LogP contribution in [0.1, 0.15) is 42.0 Å². The first-order chi connectivity index (χ1) is 8.58. The lowest BCUT2D eigenvalue weighted by molar-refractivity contribution is -0.139. The third-order valence-electron chi connectivity index (χ3n) is 3.86. The van der Waals surface area contributed by atoms with Gasteiger partial charge < -0.3 is 0 Å². The van der Waals surface area contributed by atoms with Gasteiger partial charge in [0, 0.05) is 12.2 Å². The van der Waals surface area contributed by atoms with Crippen LogP contribution in [0.5, 0.6) is 0 Å². The van der Waals surface area contributed by atoms with Crippen LogP contribution in [-0.4, -0.2) is 16.7 Å². The molecule has 1 aliphatic carbocycles. The van der Waals surface area contributed by atoms with E-state index in [1.54, 1.807) is 0 Å². The number of hydrogen-bond donors (Lipinski definition) is 0. The fraction of sp³-hybridized carbons (Fsp3) is 0.333. The van der Waals surface area contributed by atoms with Crippen molar-refractivity contribution < 1.29 is 9.59 Å². The Labute approximate surface area is 106 Å². The number of carbonyl (C=O) groups is 2. The molecule has 1 aromatic carbocycles. The molecule has 2 aliphatic rings. The van der Waals surface area contributed by atoms with Gasteiger partial charge in [-0.3, -0.25) is 14.5 Å². The van der Waals surface area contributed by atoms with Crippen molar-refractivity contribution in [1.82, 2.24) is 4.90 Å². The number of benzene rings is 1. The second kappa shape index (κ2) is 3.80. The summed E-state index contributed by atoms with van der Waals surface area (Å²) in [5.41, 5.74) is 3.56. The molecule has 0 aromatic heterocycles. The van der Waals surface area contributed by atoms with Crippen LogP contribution in [0.2, 0.25) is 0 Å². The molecule has 0 N–H and O–H groups in total. The molecule has 0 spiro atoms. The zero-order valence-corrected chi connectivity index (χ0v) is 10.5. The van der Waals surface area contributed by atoms with Crippen LogP contribution in [0, 0.1) is 6.92 Å². The number of rotatable bonds is 1. The van der Waals surface area contributed by atoms with E-state index in [4.69, 9.17) is 0 Å². The van der Waals surface area contributed by atoms with Gasteiger partial charge in [0.25, 0.3) is 11.8 Å². The molecule has 0 fully saturated rings. The van der Waals surface area contributed by atoms with Crippen molar-refractivity contribution in [3.63, 3.8) is 0 Å². The van der Waals surface area contributed by atoms with E-state index in [-0.39, 0.29) is 17.9 Å². The minimum absolute atomic E-state index is 0.0927. The Morgan fingerprint density at radius 1 is 1.11 bits per heavy atom. The Bertz CT molecular complexity index is 556. The molecule has 0 unspecified atom stereocenters. The average molecular weight is 241 g/mol. The number of imide groups is 1. The predicted molar refractivity (Wildman–Crippen MR) is 67.9 cm³/mol. The van der Waals surface area contributed by atoms with E-state index < -0.39 is 0 Å². The molecular formula is C15H15NO2. The van der Waals surface area contributed by atoms with Gasteiger partial charge in [-0.1, -0.05) is 30.7 Å². The Morgan fingerprint density at radius 3 is 2.44 bits per heavy atom. The van der Waals surface area contributed by atoms with Gasteiger partial charge in [-0.25, -0.2) is 0 Å². The molecule has 1 heterocycles. The monoisotopic (exact) mass is 241 g/mol. The van der Waals surface area contributed by atoms with Crippen molar-refractivity contribution in [2.75, 3.05) is 0 Å². The smallest absolute Gasteiger partial charge is 0.254 e. The first kappa shape index (κ1) is 11.2.